The number of carbonyl (C=O) groups excluding carboxylic acids is 2. The summed E-state index contributed by atoms with van der Waals surface area (Å²) in [5.41, 5.74) is -0.249. The van der Waals surface area contributed by atoms with Gasteiger partial charge in [-0.25, -0.2) is 4.98 Å². The number of rotatable bonds is 6. The summed E-state index contributed by atoms with van der Waals surface area (Å²) in [5, 5.41) is 7.19. The lowest BCUT2D eigenvalue weighted by atomic mass is 9.86. The molecule has 0 spiro atoms. The van der Waals surface area contributed by atoms with Crippen LogP contribution in [-0.4, -0.2) is 64.8 Å². The molecule has 1 N–H and O–H groups in total. The van der Waals surface area contributed by atoms with Crippen LogP contribution >= 0.6 is 0 Å². The van der Waals surface area contributed by atoms with E-state index in [4.69, 9.17) is 9.15 Å². The number of hydrogen-bond donors (Lipinski definition) is 1. The van der Waals surface area contributed by atoms with Gasteiger partial charge in [-0.2, -0.15) is 5.10 Å². The average Bonchev–Trinajstić information content (AvgIpc) is 3.33. The summed E-state index contributed by atoms with van der Waals surface area (Å²) in [7, 11) is 1.59. The molecule has 0 saturated carbocycles. The van der Waals surface area contributed by atoms with E-state index in [0.717, 1.165) is 0 Å². The maximum atomic E-state index is 12.9. The van der Waals surface area contributed by atoms with Crippen molar-refractivity contribution in [1.82, 2.24) is 25.0 Å². The first-order valence-corrected chi connectivity index (χ1v) is 8.55. The number of aromatic nitrogens is 3. The number of aryl methyl sites for hydroxylation is 1. The lowest BCUT2D eigenvalue weighted by molar-refractivity contribution is -0.133. The van der Waals surface area contributed by atoms with Gasteiger partial charge in [-0.05, 0) is 25.8 Å². The van der Waals surface area contributed by atoms with Crippen LogP contribution in [0.1, 0.15) is 29.1 Å². The van der Waals surface area contributed by atoms with Crippen LogP contribution in [0.5, 0.6) is 0 Å². The number of methoxy groups -OCH3 is 1. The van der Waals surface area contributed by atoms with Gasteiger partial charge in [-0.15, -0.1) is 0 Å². The minimum atomic E-state index is -0.815. The van der Waals surface area contributed by atoms with Crippen LogP contribution in [0.3, 0.4) is 0 Å². The molecule has 1 saturated heterocycles. The Kier molecular flexibility index (Phi) is 5.36. The average molecular weight is 361 g/mol. The maximum Gasteiger partial charge on any atom is 0.291 e. The third-order valence-corrected chi connectivity index (χ3v) is 4.77. The lowest BCUT2D eigenvalue weighted by Gasteiger charge is -2.40. The summed E-state index contributed by atoms with van der Waals surface area (Å²) < 4.78 is 11.9. The largest absolute Gasteiger partial charge is 0.438 e. The molecule has 0 bridgehead atoms. The molecule has 1 aliphatic heterocycles. The normalized spacial score (nSPS) is 16.5. The molecule has 0 aliphatic carbocycles. The van der Waals surface area contributed by atoms with Gasteiger partial charge in [0.1, 0.15) is 5.54 Å². The zero-order valence-electron chi connectivity index (χ0n) is 15.0. The van der Waals surface area contributed by atoms with Crippen molar-refractivity contribution in [3.8, 4) is 0 Å². The second-order valence-corrected chi connectivity index (χ2v) is 6.29. The van der Waals surface area contributed by atoms with Crippen molar-refractivity contribution in [1.29, 1.82) is 0 Å². The number of likely N-dealkylation sites (tertiary alicyclic amines) is 1. The molecule has 9 heteroatoms. The van der Waals surface area contributed by atoms with Crippen LogP contribution in [0.25, 0.3) is 0 Å². The number of carbonyl (C=O) groups is 2. The van der Waals surface area contributed by atoms with E-state index in [2.05, 4.69) is 15.4 Å². The van der Waals surface area contributed by atoms with E-state index in [1.807, 2.05) is 0 Å². The van der Waals surface area contributed by atoms with E-state index in [0.29, 0.717) is 44.8 Å². The van der Waals surface area contributed by atoms with Crippen molar-refractivity contribution < 1.29 is 18.7 Å². The molecular formula is C17H23N5O4. The quantitative estimate of drug-likeness (QED) is 0.755. The van der Waals surface area contributed by atoms with Gasteiger partial charge >= 0.3 is 0 Å². The highest BCUT2D eigenvalue weighted by atomic mass is 16.5. The molecule has 26 heavy (non-hydrogen) atoms. The standard InChI is InChI=1S/C17H23N5O4/c1-13-14(26-12-19-13)15(23)21-9-4-17(5-10-21,22-8-3-6-20-22)16(24)18-7-11-25-2/h3,6,8,12H,4-5,7,9-11H2,1-2H3,(H,18,24). The van der Waals surface area contributed by atoms with Gasteiger partial charge in [-0.1, -0.05) is 0 Å². The molecule has 0 aromatic carbocycles. The van der Waals surface area contributed by atoms with Crippen molar-refractivity contribution in [2.24, 2.45) is 0 Å². The molecule has 140 valence electrons. The Labute approximate surface area is 151 Å². The summed E-state index contributed by atoms with van der Waals surface area (Å²) in [6.07, 6.45) is 5.64. The monoisotopic (exact) mass is 361 g/mol. The van der Waals surface area contributed by atoms with E-state index in [-0.39, 0.29) is 17.6 Å². The van der Waals surface area contributed by atoms with Crippen LogP contribution in [0, 0.1) is 6.92 Å². The van der Waals surface area contributed by atoms with Crippen molar-refractivity contribution >= 4 is 11.8 Å². The summed E-state index contributed by atoms with van der Waals surface area (Å²) in [6, 6.07) is 1.79. The fourth-order valence-electron chi connectivity index (χ4n) is 3.24. The number of nitrogens with one attached hydrogen (secondary N) is 1. The fraction of sp³-hybridized carbons (Fsp3) is 0.529. The zero-order chi connectivity index (χ0) is 18.6. The highest BCUT2D eigenvalue weighted by molar-refractivity contribution is 5.93. The zero-order valence-corrected chi connectivity index (χ0v) is 15.0. The van der Waals surface area contributed by atoms with Gasteiger partial charge in [0.05, 0.1) is 12.3 Å². The van der Waals surface area contributed by atoms with Gasteiger partial charge in [0.15, 0.2) is 6.39 Å². The smallest absolute Gasteiger partial charge is 0.291 e. The number of amides is 2. The van der Waals surface area contributed by atoms with Gasteiger partial charge < -0.3 is 19.4 Å². The molecule has 2 amide bonds. The Bertz CT molecular complexity index is 747. The predicted molar refractivity (Wildman–Crippen MR) is 91.5 cm³/mol. The second-order valence-electron chi connectivity index (χ2n) is 6.29. The lowest BCUT2D eigenvalue weighted by Crippen LogP contribution is -2.56. The van der Waals surface area contributed by atoms with E-state index in [1.54, 1.807) is 42.1 Å². The van der Waals surface area contributed by atoms with E-state index in [9.17, 15) is 9.59 Å². The minimum absolute atomic E-state index is 0.110. The molecule has 2 aromatic heterocycles. The van der Waals surface area contributed by atoms with Gasteiger partial charge in [0, 0.05) is 39.1 Å². The number of piperidine rings is 1. The van der Waals surface area contributed by atoms with E-state index < -0.39 is 5.54 Å². The molecule has 1 aliphatic rings. The Hall–Kier alpha value is -2.68. The first-order chi connectivity index (χ1) is 12.6. The predicted octanol–water partition coefficient (Wildman–Crippen LogP) is 0.574. The summed E-state index contributed by atoms with van der Waals surface area (Å²) in [5.74, 6) is -0.0591. The van der Waals surface area contributed by atoms with E-state index >= 15 is 0 Å². The number of oxazole rings is 1. The minimum Gasteiger partial charge on any atom is -0.438 e. The molecule has 1 fully saturated rings. The van der Waals surface area contributed by atoms with E-state index in [1.165, 1.54) is 6.39 Å². The van der Waals surface area contributed by atoms with Crippen molar-refractivity contribution in [3.63, 3.8) is 0 Å². The molecule has 0 unspecified atom stereocenters. The summed E-state index contributed by atoms with van der Waals surface area (Å²) in [6.45, 7) is 3.46. The maximum absolute atomic E-state index is 12.9. The molecule has 0 radical (unpaired) electrons. The Balaban J connectivity index is 1.74. The molecule has 3 rings (SSSR count). The third-order valence-electron chi connectivity index (χ3n) is 4.77. The van der Waals surface area contributed by atoms with Crippen LogP contribution < -0.4 is 5.32 Å². The van der Waals surface area contributed by atoms with Crippen LogP contribution in [0.4, 0.5) is 0 Å². The SMILES string of the molecule is COCCNC(=O)C1(n2cccn2)CCN(C(=O)c2ocnc2C)CC1. The topological polar surface area (TPSA) is 102 Å². The van der Waals surface area contributed by atoms with Crippen LogP contribution in [-0.2, 0) is 15.1 Å². The van der Waals surface area contributed by atoms with Crippen LogP contribution in [0.15, 0.2) is 29.3 Å². The van der Waals surface area contributed by atoms with Gasteiger partial charge in [0.25, 0.3) is 5.91 Å². The summed E-state index contributed by atoms with van der Waals surface area (Å²) in [4.78, 5) is 31.2. The Morgan fingerprint density at radius 3 is 2.73 bits per heavy atom. The number of ether oxygens (including phenoxy) is 1. The molecule has 3 heterocycles. The first-order valence-electron chi connectivity index (χ1n) is 8.55. The first kappa shape index (κ1) is 18.1. The van der Waals surface area contributed by atoms with Gasteiger partial charge in [0.2, 0.25) is 11.7 Å². The summed E-state index contributed by atoms with van der Waals surface area (Å²) >= 11 is 0. The van der Waals surface area contributed by atoms with Crippen molar-refractivity contribution in [3.05, 3.63) is 36.3 Å². The van der Waals surface area contributed by atoms with Crippen molar-refractivity contribution in [2.75, 3.05) is 33.4 Å². The molecular weight excluding hydrogens is 338 g/mol. The van der Waals surface area contributed by atoms with Crippen molar-refractivity contribution in [2.45, 2.75) is 25.3 Å². The van der Waals surface area contributed by atoms with Gasteiger partial charge in [-0.3, -0.25) is 14.3 Å². The highest BCUT2D eigenvalue weighted by Crippen LogP contribution is 2.31. The Morgan fingerprint density at radius 2 is 2.15 bits per heavy atom. The third kappa shape index (κ3) is 3.34. The second kappa shape index (κ2) is 7.69. The highest BCUT2D eigenvalue weighted by Gasteiger charge is 2.44. The number of nitrogens with zero attached hydrogens (tertiary/aromatic N) is 4. The fourth-order valence-corrected chi connectivity index (χ4v) is 3.24. The molecule has 9 nitrogen and oxygen atoms in total. The molecule has 2 aromatic rings. The van der Waals surface area contributed by atoms with Crippen LogP contribution in [0.2, 0.25) is 0 Å². The Morgan fingerprint density at radius 1 is 1.38 bits per heavy atom. The molecule has 0 atom stereocenters. The number of hydrogen-bond acceptors (Lipinski definition) is 6.